The fraction of sp³-hybridized carbons (Fsp3) is 0.375. The lowest BCUT2D eigenvalue weighted by molar-refractivity contribution is 0.179. The number of aromatic nitrogens is 1. The highest BCUT2D eigenvalue weighted by Crippen LogP contribution is 2.10. The van der Waals surface area contributed by atoms with Crippen LogP contribution in [0, 0.1) is 0 Å². The van der Waals surface area contributed by atoms with E-state index in [4.69, 9.17) is 16.2 Å². The van der Waals surface area contributed by atoms with Crippen molar-refractivity contribution in [2.75, 3.05) is 19.5 Å². The first kappa shape index (κ1) is 8.96. The second kappa shape index (κ2) is 4.04. The fourth-order valence-corrected chi connectivity index (χ4v) is 0.933. The molecule has 1 unspecified atom stereocenters. The topological polar surface area (TPSA) is 74.2 Å². The minimum Gasteiger partial charge on any atom is -0.399 e. The van der Waals surface area contributed by atoms with E-state index in [1.54, 1.807) is 25.4 Å². The molecule has 0 fully saturated rings. The van der Waals surface area contributed by atoms with Crippen molar-refractivity contribution in [1.82, 2.24) is 4.98 Å². The van der Waals surface area contributed by atoms with Crippen molar-refractivity contribution in [3.8, 4) is 0 Å². The van der Waals surface area contributed by atoms with Gasteiger partial charge >= 0.3 is 0 Å². The lowest BCUT2D eigenvalue weighted by atomic mass is 10.2. The number of ether oxygens (including phenoxy) is 1. The summed E-state index contributed by atoms with van der Waals surface area (Å²) < 4.78 is 4.89. The third kappa shape index (κ3) is 2.18. The van der Waals surface area contributed by atoms with Crippen molar-refractivity contribution >= 4 is 5.69 Å². The molecule has 4 N–H and O–H groups in total. The molecule has 4 nitrogen and oxygen atoms in total. The highest BCUT2D eigenvalue weighted by molar-refractivity contribution is 5.37. The van der Waals surface area contributed by atoms with Crippen molar-refractivity contribution in [3.05, 3.63) is 24.0 Å². The van der Waals surface area contributed by atoms with Crippen LogP contribution in [-0.2, 0) is 4.74 Å². The van der Waals surface area contributed by atoms with Gasteiger partial charge in [0.05, 0.1) is 18.3 Å². The minimum absolute atomic E-state index is 0.196. The van der Waals surface area contributed by atoms with Crippen LogP contribution in [0.1, 0.15) is 11.7 Å². The quantitative estimate of drug-likeness (QED) is 0.679. The van der Waals surface area contributed by atoms with E-state index >= 15 is 0 Å². The van der Waals surface area contributed by atoms with Crippen LogP contribution in [0.4, 0.5) is 5.69 Å². The number of anilines is 1. The van der Waals surface area contributed by atoms with Crippen LogP contribution in [-0.4, -0.2) is 18.7 Å². The average Bonchev–Trinajstić information content (AvgIpc) is 2.05. The van der Waals surface area contributed by atoms with E-state index in [1.807, 2.05) is 0 Å². The molecule has 0 aromatic carbocycles. The van der Waals surface area contributed by atoms with Crippen LogP contribution < -0.4 is 11.5 Å². The molecular formula is C8H13N3O. The summed E-state index contributed by atoms with van der Waals surface area (Å²) in [5.41, 5.74) is 12.7. The molecule has 12 heavy (non-hydrogen) atoms. The smallest absolute Gasteiger partial charge is 0.0708 e. The Hall–Kier alpha value is -1.13. The number of pyridine rings is 1. The second-order valence-electron chi connectivity index (χ2n) is 2.58. The molecule has 0 saturated carbocycles. The van der Waals surface area contributed by atoms with Crippen LogP contribution in [0.5, 0.6) is 0 Å². The Labute approximate surface area is 71.5 Å². The molecule has 0 spiro atoms. The number of hydrogen-bond acceptors (Lipinski definition) is 4. The van der Waals surface area contributed by atoms with Gasteiger partial charge in [0.1, 0.15) is 0 Å². The SMILES string of the molecule is COCC(N)c1cc(N)ccn1. The molecule has 1 aromatic rings. The summed E-state index contributed by atoms with van der Waals surface area (Å²) in [5, 5.41) is 0. The third-order valence-electron chi connectivity index (χ3n) is 1.53. The van der Waals surface area contributed by atoms with Gasteiger partial charge in [-0.2, -0.15) is 0 Å². The van der Waals surface area contributed by atoms with Gasteiger partial charge in [-0.15, -0.1) is 0 Å². The molecule has 4 heteroatoms. The molecule has 0 saturated heterocycles. The van der Waals surface area contributed by atoms with Crippen molar-refractivity contribution in [3.63, 3.8) is 0 Å². The largest absolute Gasteiger partial charge is 0.399 e. The Morgan fingerprint density at radius 3 is 3.00 bits per heavy atom. The average molecular weight is 167 g/mol. The van der Waals surface area contributed by atoms with Gasteiger partial charge in [0.15, 0.2) is 0 Å². The van der Waals surface area contributed by atoms with Gasteiger partial charge in [0, 0.05) is 19.0 Å². The van der Waals surface area contributed by atoms with E-state index in [2.05, 4.69) is 4.98 Å². The molecule has 0 radical (unpaired) electrons. The first-order valence-electron chi connectivity index (χ1n) is 3.70. The molecule has 0 aliphatic heterocycles. The number of nitrogens with two attached hydrogens (primary N) is 2. The number of hydrogen-bond donors (Lipinski definition) is 2. The summed E-state index contributed by atoms with van der Waals surface area (Å²) in [4.78, 5) is 4.07. The highest BCUT2D eigenvalue weighted by Gasteiger charge is 2.05. The molecule has 0 amide bonds. The molecular weight excluding hydrogens is 154 g/mol. The maximum absolute atomic E-state index is 5.73. The molecule has 66 valence electrons. The maximum Gasteiger partial charge on any atom is 0.0708 e. The molecule has 0 aliphatic rings. The normalized spacial score (nSPS) is 12.8. The van der Waals surface area contributed by atoms with Crippen LogP contribution >= 0.6 is 0 Å². The van der Waals surface area contributed by atoms with E-state index in [0.29, 0.717) is 12.3 Å². The zero-order valence-electron chi connectivity index (χ0n) is 7.03. The summed E-state index contributed by atoms with van der Waals surface area (Å²) in [6.07, 6.45) is 1.64. The predicted molar refractivity (Wildman–Crippen MR) is 47.5 cm³/mol. The lowest BCUT2D eigenvalue weighted by Gasteiger charge is -2.09. The van der Waals surface area contributed by atoms with Gasteiger partial charge in [0.25, 0.3) is 0 Å². The van der Waals surface area contributed by atoms with Gasteiger partial charge in [-0.25, -0.2) is 0 Å². The van der Waals surface area contributed by atoms with Gasteiger partial charge in [-0.3, -0.25) is 4.98 Å². The van der Waals surface area contributed by atoms with E-state index in [-0.39, 0.29) is 6.04 Å². The summed E-state index contributed by atoms with van der Waals surface area (Å²) in [7, 11) is 1.60. The molecule has 1 atom stereocenters. The van der Waals surface area contributed by atoms with Gasteiger partial charge < -0.3 is 16.2 Å². The summed E-state index contributed by atoms with van der Waals surface area (Å²) in [6.45, 7) is 0.455. The monoisotopic (exact) mass is 167 g/mol. The van der Waals surface area contributed by atoms with Crippen molar-refractivity contribution in [2.24, 2.45) is 5.73 Å². The second-order valence-corrected chi connectivity index (χ2v) is 2.58. The van der Waals surface area contributed by atoms with Gasteiger partial charge in [-0.1, -0.05) is 0 Å². The molecule has 1 heterocycles. The maximum atomic E-state index is 5.73. The van der Waals surface area contributed by atoms with Crippen molar-refractivity contribution in [2.45, 2.75) is 6.04 Å². The van der Waals surface area contributed by atoms with Crippen molar-refractivity contribution < 1.29 is 4.74 Å². The Morgan fingerprint density at radius 2 is 2.42 bits per heavy atom. The first-order valence-corrected chi connectivity index (χ1v) is 3.70. The Kier molecular flexibility index (Phi) is 3.01. The molecule has 1 aromatic heterocycles. The minimum atomic E-state index is -0.196. The molecule has 0 bridgehead atoms. The summed E-state index contributed by atoms with van der Waals surface area (Å²) in [5.74, 6) is 0. The Balaban J connectivity index is 2.73. The standard InChI is InChI=1S/C8H13N3O/c1-12-5-7(10)8-4-6(9)2-3-11-8/h2-4,7H,5,10H2,1H3,(H2,9,11). The highest BCUT2D eigenvalue weighted by atomic mass is 16.5. The fourth-order valence-electron chi connectivity index (χ4n) is 0.933. The van der Waals surface area contributed by atoms with E-state index in [9.17, 15) is 0 Å². The van der Waals surface area contributed by atoms with Crippen molar-refractivity contribution in [1.29, 1.82) is 0 Å². The lowest BCUT2D eigenvalue weighted by Crippen LogP contribution is -2.17. The number of nitrogens with zero attached hydrogens (tertiary/aromatic N) is 1. The Morgan fingerprint density at radius 1 is 1.67 bits per heavy atom. The Bertz CT molecular complexity index is 252. The van der Waals surface area contributed by atoms with E-state index in [0.717, 1.165) is 5.69 Å². The summed E-state index contributed by atoms with van der Waals surface area (Å²) in [6, 6.07) is 3.28. The molecule has 1 rings (SSSR count). The first-order chi connectivity index (χ1) is 5.74. The van der Waals surface area contributed by atoms with E-state index in [1.165, 1.54) is 0 Å². The van der Waals surface area contributed by atoms with Crippen LogP contribution in [0.25, 0.3) is 0 Å². The van der Waals surface area contributed by atoms with Crippen LogP contribution in [0.2, 0.25) is 0 Å². The van der Waals surface area contributed by atoms with Gasteiger partial charge in [-0.05, 0) is 12.1 Å². The van der Waals surface area contributed by atoms with Gasteiger partial charge in [0.2, 0.25) is 0 Å². The zero-order chi connectivity index (χ0) is 8.97. The van der Waals surface area contributed by atoms with E-state index < -0.39 is 0 Å². The number of nitrogen functional groups attached to an aromatic ring is 1. The number of methoxy groups -OCH3 is 1. The third-order valence-corrected chi connectivity index (χ3v) is 1.53. The number of rotatable bonds is 3. The zero-order valence-corrected chi connectivity index (χ0v) is 7.03. The van der Waals surface area contributed by atoms with Crippen LogP contribution in [0.3, 0.4) is 0 Å². The molecule has 0 aliphatic carbocycles. The van der Waals surface area contributed by atoms with Crippen LogP contribution in [0.15, 0.2) is 18.3 Å². The summed E-state index contributed by atoms with van der Waals surface area (Å²) >= 11 is 0. The predicted octanol–water partition coefficient (Wildman–Crippen LogP) is 0.310.